The predicted molar refractivity (Wildman–Crippen MR) is 78.4 cm³/mol. The fraction of sp³-hybridized carbons (Fsp3) is 0.353. The van der Waals surface area contributed by atoms with Gasteiger partial charge in [0, 0.05) is 0 Å². The first-order valence-electron chi connectivity index (χ1n) is 7.31. The molecule has 0 radical (unpaired) electrons. The molecule has 0 aromatic heterocycles. The summed E-state index contributed by atoms with van der Waals surface area (Å²) in [6, 6.07) is 9.23. The number of fused-ring (bicyclic) bond motifs is 1. The highest BCUT2D eigenvalue weighted by Crippen LogP contribution is 2.41. The maximum Gasteiger partial charge on any atom is 0.307 e. The number of benzene rings is 1. The van der Waals surface area contributed by atoms with E-state index in [1.165, 1.54) is 4.90 Å². The number of likely N-dealkylation sites (tertiary alicyclic amines) is 1. The van der Waals surface area contributed by atoms with Crippen molar-refractivity contribution in [1.82, 2.24) is 4.90 Å². The summed E-state index contributed by atoms with van der Waals surface area (Å²) in [6.45, 7) is 1.96. The smallest absolute Gasteiger partial charge is 0.307 e. The van der Waals surface area contributed by atoms with E-state index in [1.54, 1.807) is 19.1 Å². The summed E-state index contributed by atoms with van der Waals surface area (Å²) in [5, 5.41) is 9.42. The van der Waals surface area contributed by atoms with Crippen LogP contribution < -0.4 is 0 Å². The summed E-state index contributed by atoms with van der Waals surface area (Å²) in [7, 11) is 0. The molecule has 22 heavy (non-hydrogen) atoms. The van der Waals surface area contributed by atoms with Crippen LogP contribution in [0.25, 0.3) is 0 Å². The van der Waals surface area contributed by atoms with Crippen LogP contribution in [0.5, 0.6) is 0 Å². The van der Waals surface area contributed by atoms with Crippen molar-refractivity contribution < 1.29 is 19.5 Å². The molecule has 1 saturated heterocycles. The van der Waals surface area contributed by atoms with Crippen LogP contribution in [0.4, 0.5) is 0 Å². The zero-order valence-corrected chi connectivity index (χ0v) is 12.2. The third kappa shape index (κ3) is 2.22. The van der Waals surface area contributed by atoms with E-state index < -0.39 is 23.7 Å². The van der Waals surface area contributed by atoms with Crippen LogP contribution in [-0.2, 0) is 20.9 Å². The highest BCUT2D eigenvalue weighted by atomic mass is 16.4. The predicted octanol–water partition coefficient (Wildman–Crippen LogP) is 1.69. The van der Waals surface area contributed by atoms with E-state index in [4.69, 9.17) is 0 Å². The fourth-order valence-corrected chi connectivity index (χ4v) is 3.40. The van der Waals surface area contributed by atoms with Crippen molar-refractivity contribution >= 4 is 17.8 Å². The van der Waals surface area contributed by atoms with Gasteiger partial charge in [-0.1, -0.05) is 49.4 Å². The standard InChI is InChI=1S/C17H17NO4/c1-10-7-8-12-14(13(10)17(21)22)16(20)18(15(12)19)9-11-5-3-2-4-6-11/h2-8,10,12-14H,9H2,1H3,(H,21,22)/t10-,12+,13-,14+/m1/s1. The number of hydrogen-bond acceptors (Lipinski definition) is 3. The third-order valence-electron chi connectivity index (χ3n) is 4.53. The number of aliphatic carboxylic acids is 1. The molecule has 0 bridgehead atoms. The van der Waals surface area contributed by atoms with Crippen molar-refractivity contribution in [3.63, 3.8) is 0 Å². The lowest BCUT2D eigenvalue weighted by Gasteiger charge is -2.28. The Morgan fingerprint density at radius 2 is 1.82 bits per heavy atom. The molecule has 1 N–H and O–H groups in total. The lowest BCUT2D eigenvalue weighted by molar-refractivity contribution is -0.150. The van der Waals surface area contributed by atoms with E-state index in [0.29, 0.717) is 0 Å². The number of carboxylic acids is 1. The quantitative estimate of drug-likeness (QED) is 0.681. The van der Waals surface area contributed by atoms with Crippen molar-refractivity contribution in [2.45, 2.75) is 13.5 Å². The monoisotopic (exact) mass is 299 g/mol. The number of rotatable bonds is 3. The second-order valence-corrected chi connectivity index (χ2v) is 5.91. The number of nitrogens with zero attached hydrogens (tertiary/aromatic N) is 1. The Morgan fingerprint density at radius 3 is 2.45 bits per heavy atom. The van der Waals surface area contributed by atoms with Gasteiger partial charge >= 0.3 is 5.97 Å². The van der Waals surface area contributed by atoms with Crippen LogP contribution in [0.15, 0.2) is 42.5 Å². The minimum absolute atomic E-state index is 0.195. The van der Waals surface area contributed by atoms with Gasteiger partial charge < -0.3 is 5.11 Å². The van der Waals surface area contributed by atoms with Gasteiger partial charge in [0.05, 0.1) is 24.3 Å². The van der Waals surface area contributed by atoms with Crippen LogP contribution in [0.2, 0.25) is 0 Å². The number of amides is 2. The van der Waals surface area contributed by atoms with Gasteiger partial charge in [-0.3, -0.25) is 19.3 Å². The van der Waals surface area contributed by atoms with Gasteiger partial charge in [0.1, 0.15) is 0 Å². The highest BCUT2D eigenvalue weighted by Gasteiger charge is 2.54. The second-order valence-electron chi connectivity index (χ2n) is 5.91. The molecular formula is C17H17NO4. The zero-order valence-electron chi connectivity index (χ0n) is 12.2. The van der Waals surface area contributed by atoms with E-state index >= 15 is 0 Å². The highest BCUT2D eigenvalue weighted by molar-refractivity contribution is 6.07. The lowest BCUT2D eigenvalue weighted by atomic mass is 9.72. The minimum Gasteiger partial charge on any atom is -0.481 e. The normalized spacial score (nSPS) is 30.5. The molecule has 4 atom stereocenters. The molecule has 0 saturated carbocycles. The Kier molecular flexibility index (Phi) is 3.56. The maximum absolute atomic E-state index is 12.6. The van der Waals surface area contributed by atoms with Crippen molar-refractivity contribution in [2.75, 3.05) is 0 Å². The topological polar surface area (TPSA) is 74.7 Å². The van der Waals surface area contributed by atoms with Gasteiger partial charge in [0.25, 0.3) is 0 Å². The average Bonchev–Trinajstić information content (AvgIpc) is 2.73. The Hall–Kier alpha value is -2.43. The Morgan fingerprint density at radius 1 is 1.14 bits per heavy atom. The number of allylic oxidation sites excluding steroid dienone is 1. The van der Waals surface area contributed by atoms with Crippen molar-refractivity contribution in [2.24, 2.45) is 23.7 Å². The van der Waals surface area contributed by atoms with Crippen LogP contribution in [-0.4, -0.2) is 27.8 Å². The van der Waals surface area contributed by atoms with E-state index in [9.17, 15) is 19.5 Å². The molecule has 114 valence electrons. The van der Waals surface area contributed by atoms with Gasteiger partial charge in [0.2, 0.25) is 11.8 Å². The van der Waals surface area contributed by atoms with Gasteiger partial charge in [-0.2, -0.15) is 0 Å². The molecule has 3 rings (SSSR count). The molecule has 1 fully saturated rings. The van der Waals surface area contributed by atoms with Crippen LogP contribution in [0.3, 0.4) is 0 Å². The first kappa shape index (κ1) is 14.5. The molecule has 5 nitrogen and oxygen atoms in total. The van der Waals surface area contributed by atoms with Gasteiger partial charge in [-0.25, -0.2) is 0 Å². The van der Waals surface area contributed by atoms with E-state index in [2.05, 4.69) is 0 Å². The summed E-state index contributed by atoms with van der Waals surface area (Å²) in [5.41, 5.74) is 0.853. The molecule has 1 heterocycles. The molecule has 1 aromatic carbocycles. The molecule has 0 unspecified atom stereocenters. The first-order chi connectivity index (χ1) is 10.5. The molecule has 1 aliphatic heterocycles. The largest absolute Gasteiger partial charge is 0.481 e. The molecule has 2 amide bonds. The van der Waals surface area contributed by atoms with Gasteiger partial charge in [0.15, 0.2) is 0 Å². The molecule has 0 spiro atoms. The minimum atomic E-state index is -1.02. The summed E-state index contributed by atoms with van der Waals surface area (Å²) >= 11 is 0. The van der Waals surface area contributed by atoms with Crippen molar-refractivity contribution in [3.8, 4) is 0 Å². The third-order valence-corrected chi connectivity index (χ3v) is 4.53. The Balaban J connectivity index is 1.91. The lowest BCUT2D eigenvalue weighted by Crippen LogP contribution is -2.38. The van der Waals surface area contributed by atoms with Crippen LogP contribution in [0.1, 0.15) is 12.5 Å². The maximum atomic E-state index is 12.6. The number of carboxylic acid groups (broad SMARTS) is 1. The molecule has 2 aliphatic rings. The summed E-state index contributed by atoms with van der Waals surface area (Å²) in [6.07, 6.45) is 3.43. The van der Waals surface area contributed by atoms with Crippen molar-refractivity contribution in [3.05, 3.63) is 48.0 Å². The Bertz CT molecular complexity index is 652. The average molecular weight is 299 g/mol. The van der Waals surface area contributed by atoms with Crippen LogP contribution >= 0.6 is 0 Å². The molecule has 1 aromatic rings. The zero-order chi connectivity index (χ0) is 15.9. The summed E-state index contributed by atoms with van der Waals surface area (Å²) < 4.78 is 0. The molecule has 1 aliphatic carbocycles. The summed E-state index contributed by atoms with van der Waals surface area (Å²) in [5.74, 6) is -4.22. The summed E-state index contributed by atoms with van der Waals surface area (Å²) in [4.78, 5) is 37.8. The number of carbonyl (C=O) groups is 3. The molecular weight excluding hydrogens is 282 g/mol. The van der Waals surface area contributed by atoms with Gasteiger partial charge in [-0.05, 0) is 11.5 Å². The Labute approximate surface area is 128 Å². The molecule has 5 heteroatoms. The van der Waals surface area contributed by atoms with Crippen molar-refractivity contribution in [1.29, 1.82) is 0 Å². The van der Waals surface area contributed by atoms with E-state index in [-0.39, 0.29) is 24.3 Å². The van der Waals surface area contributed by atoms with Crippen LogP contribution in [0, 0.1) is 23.7 Å². The second kappa shape index (κ2) is 5.40. The first-order valence-corrected chi connectivity index (χ1v) is 7.31. The van der Waals surface area contributed by atoms with E-state index in [0.717, 1.165) is 5.56 Å². The number of carbonyl (C=O) groups excluding carboxylic acids is 2. The van der Waals surface area contributed by atoms with Gasteiger partial charge in [-0.15, -0.1) is 0 Å². The SMILES string of the molecule is C[C@@H]1C=C[C@@H]2C(=O)N(Cc3ccccc3)C(=O)[C@@H]2[C@@H]1C(=O)O. The fourth-order valence-electron chi connectivity index (χ4n) is 3.40. The number of hydrogen-bond donors (Lipinski definition) is 1. The van der Waals surface area contributed by atoms with E-state index in [1.807, 2.05) is 30.3 Å². The number of imide groups is 1.